The van der Waals surface area contributed by atoms with Crippen molar-refractivity contribution in [2.75, 3.05) is 18.0 Å². The van der Waals surface area contributed by atoms with E-state index in [1.165, 1.54) is 5.56 Å². The Morgan fingerprint density at radius 3 is 2.69 bits per heavy atom. The molecule has 1 amide bonds. The van der Waals surface area contributed by atoms with Crippen molar-refractivity contribution < 1.29 is 4.79 Å². The molecule has 2 aromatic heterocycles. The lowest BCUT2D eigenvalue weighted by atomic mass is 9.96. The van der Waals surface area contributed by atoms with E-state index in [1.54, 1.807) is 11.3 Å². The number of nitrogens with one attached hydrogen (secondary N) is 1. The molecule has 1 aliphatic heterocycles. The number of aromatic nitrogens is 3. The normalized spacial score (nSPS) is 17.8. The van der Waals surface area contributed by atoms with Crippen molar-refractivity contribution >= 4 is 22.4 Å². The summed E-state index contributed by atoms with van der Waals surface area (Å²) in [7, 11) is 0. The molecule has 0 saturated carbocycles. The Bertz CT molecular complexity index is 908. The molecule has 1 aromatic carbocycles. The minimum atomic E-state index is -0.00694. The number of hydrogen-bond donors (Lipinski definition) is 1. The van der Waals surface area contributed by atoms with Gasteiger partial charge >= 0.3 is 0 Å². The van der Waals surface area contributed by atoms with Gasteiger partial charge in [0.2, 0.25) is 16.2 Å². The van der Waals surface area contributed by atoms with Gasteiger partial charge in [-0.25, -0.2) is 0 Å². The van der Waals surface area contributed by atoms with Crippen LogP contribution in [0.1, 0.15) is 31.7 Å². The standard InChI is InChI=1S/C22H27N5OS/c1-2-19(15-17-9-4-3-5-10-17)23-20(28)18-11-8-14-27(16-18)22-25-24-21(29-22)26-12-6-7-13-26/h3-7,9-10,12-13,18-19H,2,8,11,14-16H2,1H3,(H,23,28)/t18-,19-/m1/s1. The maximum atomic E-state index is 13.0. The summed E-state index contributed by atoms with van der Waals surface area (Å²) < 4.78 is 1.96. The average Bonchev–Trinajstić information content (AvgIpc) is 3.46. The van der Waals surface area contributed by atoms with E-state index in [4.69, 9.17) is 0 Å². The molecule has 1 saturated heterocycles. The molecule has 6 nitrogen and oxygen atoms in total. The number of anilines is 1. The second-order valence-electron chi connectivity index (χ2n) is 7.55. The van der Waals surface area contributed by atoms with Gasteiger partial charge in [0.1, 0.15) is 0 Å². The third-order valence-corrected chi connectivity index (χ3v) is 6.45. The van der Waals surface area contributed by atoms with Crippen LogP contribution in [0.3, 0.4) is 0 Å². The molecule has 0 unspecified atom stereocenters. The highest BCUT2D eigenvalue weighted by Gasteiger charge is 2.28. The van der Waals surface area contributed by atoms with Crippen LogP contribution in [0.2, 0.25) is 0 Å². The van der Waals surface area contributed by atoms with Gasteiger partial charge < -0.3 is 10.2 Å². The molecule has 1 aliphatic rings. The van der Waals surface area contributed by atoms with E-state index in [9.17, 15) is 4.79 Å². The lowest BCUT2D eigenvalue weighted by Gasteiger charge is -2.32. The Kier molecular flexibility index (Phi) is 6.24. The molecule has 3 aromatic rings. The van der Waals surface area contributed by atoms with E-state index in [0.29, 0.717) is 6.54 Å². The fourth-order valence-electron chi connectivity index (χ4n) is 3.78. The van der Waals surface area contributed by atoms with Crippen molar-refractivity contribution in [2.24, 2.45) is 5.92 Å². The highest BCUT2D eigenvalue weighted by Crippen LogP contribution is 2.28. The Hall–Kier alpha value is -2.67. The van der Waals surface area contributed by atoms with E-state index in [-0.39, 0.29) is 17.9 Å². The molecular weight excluding hydrogens is 382 g/mol. The third-order valence-electron chi connectivity index (χ3n) is 5.46. The smallest absolute Gasteiger partial charge is 0.225 e. The second-order valence-corrected chi connectivity index (χ2v) is 8.48. The molecule has 3 heterocycles. The van der Waals surface area contributed by atoms with E-state index in [2.05, 4.69) is 39.5 Å². The number of amides is 1. The third kappa shape index (κ3) is 4.85. The number of carbonyl (C=O) groups excluding carboxylic acids is 1. The summed E-state index contributed by atoms with van der Waals surface area (Å²) in [6.45, 7) is 3.75. The van der Waals surface area contributed by atoms with Gasteiger partial charge in [0, 0.05) is 31.5 Å². The van der Waals surface area contributed by atoms with Crippen LogP contribution in [0.5, 0.6) is 0 Å². The molecule has 7 heteroatoms. The highest BCUT2D eigenvalue weighted by atomic mass is 32.1. The van der Waals surface area contributed by atoms with Crippen LogP contribution in [0.25, 0.3) is 5.13 Å². The van der Waals surface area contributed by atoms with Crippen LogP contribution in [-0.2, 0) is 11.2 Å². The summed E-state index contributed by atoms with van der Waals surface area (Å²) in [4.78, 5) is 15.2. The van der Waals surface area contributed by atoms with E-state index < -0.39 is 0 Å². The van der Waals surface area contributed by atoms with Crippen molar-refractivity contribution in [3.63, 3.8) is 0 Å². The van der Waals surface area contributed by atoms with Crippen LogP contribution in [-0.4, -0.2) is 39.8 Å². The van der Waals surface area contributed by atoms with Gasteiger partial charge in [-0.1, -0.05) is 48.6 Å². The van der Waals surface area contributed by atoms with Crippen LogP contribution in [0.15, 0.2) is 54.9 Å². The lowest BCUT2D eigenvalue weighted by Crippen LogP contribution is -2.46. The molecule has 1 fully saturated rings. The SMILES string of the molecule is CC[C@H](Cc1ccccc1)NC(=O)[C@@H]1CCCN(c2nnc(-n3cccc3)s2)C1. The first kappa shape index (κ1) is 19.6. The first-order chi connectivity index (χ1) is 14.2. The summed E-state index contributed by atoms with van der Waals surface area (Å²) in [6.07, 6.45) is 7.64. The zero-order chi connectivity index (χ0) is 20.1. The van der Waals surface area contributed by atoms with Crippen LogP contribution in [0, 0.1) is 5.92 Å². The minimum absolute atomic E-state index is 0.00694. The number of piperidine rings is 1. The fraction of sp³-hybridized carbons (Fsp3) is 0.409. The second kappa shape index (κ2) is 9.22. The van der Waals surface area contributed by atoms with Crippen LogP contribution in [0.4, 0.5) is 5.13 Å². The number of nitrogens with zero attached hydrogens (tertiary/aromatic N) is 4. The minimum Gasteiger partial charge on any atom is -0.353 e. The highest BCUT2D eigenvalue weighted by molar-refractivity contribution is 7.17. The predicted octanol–water partition coefficient (Wildman–Crippen LogP) is 3.68. The molecule has 152 valence electrons. The average molecular weight is 410 g/mol. The van der Waals surface area contributed by atoms with Gasteiger partial charge in [0.15, 0.2) is 0 Å². The summed E-state index contributed by atoms with van der Waals surface area (Å²) in [5.74, 6) is 0.153. The largest absolute Gasteiger partial charge is 0.353 e. The molecule has 0 aliphatic carbocycles. The molecule has 0 spiro atoms. The van der Waals surface area contributed by atoms with Gasteiger partial charge in [0.05, 0.1) is 5.92 Å². The maximum absolute atomic E-state index is 13.0. The predicted molar refractivity (Wildman–Crippen MR) is 117 cm³/mol. The molecular formula is C22H27N5OS. The summed E-state index contributed by atoms with van der Waals surface area (Å²) >= 11 is 1.57. The quantitative estimate of drug-likeness (QED) is 0.647. The van der Waals surface area contributed by atoms with Crippen molar-refractivity contribution in [1.82, 2.24) is 20.1 Å². The van der Waals surface area contributed by atoms with Gasteiger partial charge in [-0.3, -0.25) is 9.36 Å². The fourth-order valence-corrected chi connectivity index (χ4v) is 4.63. The molecule has 0 radical (unpaired) electrons. The Morgan fingerprint density at radius 2 is 1.93 bits per heavy atom. The monoisotopic (exact) mass is 409 g/mol. The molecule has 1 N–H and O–H groups in total. The van der Waals surface area contributed by atoms with E-state index in [1.807, 2.05) is 47.3 Å². The maximum Gasteiger partial charge on any atom is 0.225 e. The van der Waals surface area contributed by atoms with Crippen molar-refractivity contribution in [2.45, 2.75) is 38.6 Å². The van der Waals surface area contributed by atoms with Crippen LogP contribution < -0.4 is 10.2 Å². The Morgan fingerprint density at radius 1 is 1.17 bits per heavy atom. The molecule has 2 atom stereocenters. The number of carbonyl (C=O) groups is 1. The topological polar surface area (TPSA) is 63.1 Å². The molecule has 29 heavy (non-hydrogen) atoms. The Labute approximate surface area is 175 Å². The first-order valence-corrected chi connectivity index (χ1v) is 11.1. The lowest BCUT2D eigenvalue weighted by molar-refractivity contribution is -0.126. The summed E-state index contributed by atoms with van der Waals surface area (Å²) in [5.41, 5.74) is 1.26. The number of hydrogen-bond acceptors (Lipinski definition) is 5. The zero-order valence-electron chi connectivity index (χ0n) is 16.7. The zero-order valence-corrected chi connectivity index (χ0v) is 17.5. The van der Waals surface area contributed by atoms with Crippen molar-refractivity contribution in [3.8, 4) is 5.13 Å². The summed E-state index contributed by atoms with van der Waals surface area (Å²) in [6, 6.07) is 14.5. The van der Waals surface area contributed by atoms with Gasteiger partial charge in [-0.15, -0.1) is 10.2 Å². The van der Waals surface area contributed by atoms with E-state index in [0.717, 1.165) is 42.5 Å². The summed E-state index contributed by atoms with van der Waals surface area (Å²) in [5, 5.41) is 13.7. The number of rotatable bonds is 7. The molecule has 4 rings (SSSR count). The first-order valence-electron chi connectivity index (χ1n) is 10.3. The van der Waals surface area contributed by atoms with Gasteiger partial charge in [0.25, 0.3) is 0 Å². The van der Waals surface area contributed by atoms with Gasteiger partial charge in [-0.05, 0) is 43.4 Å². The van der Waals surface area contributed by atoms with Gasteiger partial charge in [-0.2, -0.15) is 0 Å². The van der Waals surface area contributed by atoms with Crippen molar-refractivity contribution in [1.29, 1.82) is 0 Å². The Balaban J connectivity index is 1.37. The van der Waals surface area contributed by atoms with Crippen molar-refractivity contribution in [3.05, 3.63) is 60.4 Å². The number of benzene rings is 1. The molecule has 0 bridgehead atoms. The van der Waals surface area contributed by atoms with E-state index >= 15 is 0 Å². The van der Waals surface area contributed by atoms with Crippen LogP contribution >= 0.6 is 11.3 Å².